The zero-order valence-electron chi connectivity index (χ0n) is 13.4. The van der Waals surface area contributed by atoms with Crippen LogP contribution in [0.1, 0.15) is 56.0 Å². The summed E-state index contributed by atoms with van der Waals surface area (Å²) in [7, 11) is 0. The molecule has 3 nitrogen and oxygen atoms in total. The standard InChI is InChI=1S/C18H25NO2/c1-11-13(16(20)21)6-5-7-14(11)19-15-10-12-8-9-18(15,4)17(12,2)3/h5-7,12,15,19H,8-10H2,1-4H3,(H,20,21). The Morgan fingerprint density at radius 2 is 2.05 bits per heavy atom. The van der Waals surface area contributed by atoms with Crippen LogP contribution in [0.3, 0.4) is 0 Å². The van der Waals surface area contributed by atoms with Crippen LogP contribution in [0.2, 0.25) is 0 Å². The van der Waals surface area contributed by atoms with Gasteiger partial charge in [-0.1, -0.05) is 26.8 Å². The topological polar surface area (TPSA) is 49.3 Å². The van der Waals surface area contributed by atoms with Crippen molar-refractivity contribution in [2.24, 2.45) is 16.7 Å². The van der Waals surface area contributed by atoms with E-state index >= 15 is 0 Å². The van der Waals surface area contributed by atoms with E-state index in [0.29, 0.717) is 22.4 Å². The van der Waals surface area contributed by atoms with Gasteiger partial charge in [-0.3, -0.25) is 0 Å². The first kappa shape index (κ1) is 14.4. The highest BCUT2D eigenvalue weighted by molar-refractivity contribution is 5.91. The summed E-state index contributed by atoms with van der Waals surface area (Å²) in [5.41, 5.74) is 2.87. The number of carbonyl (C=O) groups is 1. The lowest BCUT2D eigenvalue weighted by atomic mass is 9.69. The minimum atomic E-state index is -0.851. The SMILES string of the molecule is Cc1c(NC2CC3CCC2(C)C3(C)C)cccc1C(=O)O. The van der Waals surface area contributed by atoms with E-state index in [4.69, 9.17) is 0 Å². The van der Waals surface area contributed by atoms with Crippen LogP contribution in [0.15, 0.2) is 18.2 Å². The van der Waals surface area contributed by atoms with Crippen LogP contribution < -0.4 is 5.32 Å². The van der Waals surface area contributed by atoms with E-state index in [1.807, 2.05) is 19.1 Å². The second-order valence-electron chi connectivity index (χ2n) is 7.59. The van der Waals surface area contributed by atoms with Crippen molar-refractivity contribution in [2.75, 3.05) is 5.32 Å². The minimum Gasteiger partial charge on any atom is -0.478 e. The monoisotopic (exact) mass is 287 g/mol. The molecule has 0 radical (unpaired) electrons. The largest absolute Gasteiger partial charge is 0.478 e. The van der Waals surface area contributed by atoms with E-state index in [-0.39, 0.29) is 0 Å². The van der Waals surface area contributed by atoms with Crippen LogP contribution in [0.4, 0.5) is 5.69 Å². The summed E-state index contributed by atoms with van der Waals surface area (Å²) in [6, 6.07) is 5.95. The molecule has 2 aliphatic carbocycles. The zero-order chi connectivity index (χ0) is 15.4. The third-order valence-electron chi connectivity index (χ3n) is 6.69. The van der Waals surface area contributed by atoms with Gasteiger partial charge >= 0.3 is 5.97 Å². The number of benzene rings is 1. The van der Waals surface area contributed by atoms with Crippen molar-refractivity contribution < 1.29 is 9.90 Å². The lowest BCUT2D eigenvalue weighted by Crippen LogP contribution is -2.40. The number of anilines is 1. The molecule has 2 fully saturated rings. The van der Waals surface area contributed by atoms with Crippen LogP contribution in [0.5, 0.6) is 0 Å². The molecule has 114 valence electrons. The Labute approximate surface area is 126 Å². The van der Waals surface area contributed by atoms with Crippen molar-refractivity contribution >= 4 is 11.7 Å². The first-order chi connectivity index (χ1) is 9.77. The maximum Gasteiger partial charge on any atom is 0.336 e. The summed E-state index contributed by atoms with van der Waals surface area (Å²) in [5.74, 6) is -0.0707. The number of carboxylic acids is 1. The van der Waals surface area contributed by atoms with Gasteiger partial charge in [-0.25, -0.2) is 4.79 Å². The van der Waals surface area contributed by atoms with Gasteiger partial charge in [0.2, 0.25) is 0 Å². The highest BCUT2D eigenvalue weighted by atomic mass is 16.4. The molecule has 3 rings (SSSR count). The normalized spacial score (nSPS) is 33.1. The Hall–Kier alpha value is -1.51. The van der Waals surface area contributed by atoms with E-state index < -0.39 is 5.97 Å². The molecule has 0 aliphatic heterocycles. The number of hydrogen-bond donors (Lipinski definition) is 2. The second kappa shape index (κ2) is 4.49. The molecular formula is C18H25NO2. The number of nitrogens with one attached hydrogen (secondary N) is 1. The van der Waals surface area contributed by atoms with Gasteiger partial charge in [0.15, 0.2) is 0 Å². The number of rotatable bonds is 3. The maximum atomic E-state index is 11.3. The molecule has 21 heavy (non-hydrogen) atoms. The van der Waals surface area contributed by atoms with Gasteiger partial charge in [0.1, 0.15) is 0 Å². The van der Waals surface area contributed by atoms with Crippen LogP contribution >= 0.6 is 0 Å². The lowest BCUT2D eigenvalue weighted by molar-refractivity contribution is 0.0696. The Morgan fingerprint density at radius 3 is 2.57 bits per heavy atom. The molecular weight excluding hydrogens is 262 g/mol. The Morgan fingerprint density at radius 1 is 1.33 bits per heavy atom. The van der Waals surface area contributed by atoms with Gasteiger partial charge in [-0.2, -0.15) is 0 Å². The maximum absolute atomic E-state index is 11.3. The average Bonchev–Trinajstić information content (AvgIpc) is 2.74. The van der Waals surface area contributed by atoms with Gasteiger partial charge in [0, 0.05) is 11.7 Å². The fourth-order valence-corrected chi connectivity index (χ4v) is 4.63. The van der Waals surface area contributed by atoms with Gasteiger partial charge in [-0.05, 0) is 60.6 Å². The van der Waals surface area contributed by atoms with Crippen molar-refractivity contribution in [1.82, 2.24) is 0 Å². The molecule has 3 unspecified atom stereocenters. The molecule has 1 aromatic rings. The third kappa shape index (κ3) is 1.90. The summed E-state index contributed by atoms with van der Waals surface area (Å²) in [4.78, 5) is 11.3. The molecule has 0 amide bonds. The first-order valence-electron chi connectivity index (χ1n) is 7.87. The van der Waals surface area contributed by atoms with E-state index in [2.05, 4.69) is 26.1 Å². The third-order valence-corrected chi connectivity index (χ3v) is 6.69. The fraction of sp³-hybridized carbons (Fsp3) is 0.611. The number of hydrogen-bond acceptors (Lipinski definition) is 2. The van der Waals surface area contributed by atoms with Gasteiger partial charge in [0.25, 0.3) is 0 Å². The van der Waals surface area contributed by atoms with E-state index in [1.165, 1.54) is 19.3 Å². The van der Waals surface area contributed by atoms with Crippen LogP contribution in [0.25, 0.3) is 0 Å². The quantitative estimate of drug-likeness (QED) is 0.870. The highest BCUT2D eigenvalue weighted by Crippen LogP contribution is 2.65. The van der Waals surface area contributed by atoms with Gasteiger partial charge < -0.3 is 10.4 Å². The summed E-state index contributed by atoms with van der Waals surface area (Å²) in [5, 5.41) is 12.9. The molecule has 0 aromatic heterocycles. The summed E-state index contributed by atoms with van der Waals surface area (Å²) < 4.78 is 0. The highest BCUT2D eigenvalue weighted by Gasteiger charge is 2.61. The molecule has 2 aliphatic rings. The van der Waals surface area contributed by atoms with Crippen LogP contribution in [-0.2, 0) is 0 Å². The molecule has 0 saturated heterocycles. The molecule has 0 heterocycles. The molecule has 2 N–H and O–H groups in total. The van der Waals surface area contributed by atoms with Crippen molar-refractivity contribution in [3.63, 3.8) is 0 Å². The lowest BCUT2D eigenvalue weighted by Gasteiger charge is -2.40. The number of aromatic carboxylic acids is 1. The zero-order valence-corrected chi connectivity index (χ0v) is 13.4. The van der Waals surface area contributed by atoms with E-state index in [1.54, 1.807) is 6.07 Å². The van der Waals surface area contributed by atoms with Crippen LogP contribution in [-0.4, -0.2) is 17.1 Å². The Bertz CT molecular complexity index is 593. The average molecular weight is 287 g/mol. The fourth-order valence-electron chi connectivity index (χ4n) is 4.63. The smallest absolute Gasteiger partial charge is 0.336 e. The molecule has 0 spiro atoms. The van der Waals surface area contributed by atoms with Crippen molar-refractivity contribution in [1.29, 1.82) is 0 Å². The molecule has 1 aromatic carbocycles. The van der Waals surface area contributed by atoms with Crippen LogP contribution in [0, 0.1) is 23.7 Å². The van der Waals surface area contributed by atoms with Crippen molar-refractivity contribution in [3.8, 4) is 0 Å². The Kier molecular flexibility index (Phi) is 3.09. The van der Waals surface area contributed by atoms with E-state index in [0.717, 1.165) is 17.2 Å². The van der Waals surface area contributed by atoms with E-state index in [9.17, 15) is 9.90 Å². The summed E-state index contributed by atoms with van der Waals surface area (Å²) in [6.45, 7) is 9.08. The van der Waals surface area contributed by atoms with Crippen molar-refractivity contribution in [2.45, 2.75) is 53.0 Å². The molecule has 2 saturated carbocycles. The second-order valence-corrected chi connectivity index (χ2v) is 7.59. The van der Waals surface area contributed by atoms with Crippen molar-refractivity contribution in [3.05, 3.63) is 29.3 Å². The summed E-state index contributed by atoms with van der Waals surface area (Å²) in [6.07, 6.45) is 3.79. The van der Waals surface area contributed by atoms with Gasteiger partial charge in [0.05, 0.1) is 5.56 Å². The molecule has 3 atom stereocenters. The predicted octanol–water partition coefficient (Wildman–Crippen LogP) is 4.32. The minimum absolute atomic E-state index is 0.295. The number of fused-ring (bicyclic) bond motifs is 2. The first-order valence-corrected chi connectivity index (χ1v) is 7.87. The van der Waals surface area contributed by atoms with Gasteiger partial charge in [-0.15, -0.1) is 0 Å². The number of carboxylic acid groups (broad SMARTS) is 1. The summed E-state index contributed by atoms with van der Waals surface area (Å²) >= 11 is 0. The predicted molar refractivity (Wildman–Crippen MR) is 84.8 cm³/mol. The Balaban J connectivity index is 1.90. The molecule has 2 bridgehead atoms. The molecule has 3 heteroatoms.